The lowest BCUT2D eigenvalue weighted by Crippen LogP contribution is -2.36. The lowest BCUT2D eigenvalue weighted by atomic mass is 10.1. The van der Waals surface area contributed by atoms with E-state index in [9.17, 15) is 19.2 Å². The molecule has 8 heteroatoms. The maximum Gasteiger partial charge on any atom is 0.261 e. The summed E-state index contributed by atoms with van der Waals surface area (Å²) < 4.78 is 5.57. The Morgan fingerprint density at radius 3 is 2.46 bits per heavy atom. The first-order valence-electron chi connectivity index (χ1n) is 12.4. The predicted octanol–water partition coefficient (Wildman–Crippen LogP) is 3.92. The molecule has 4 amide bonds. The van der Waals surface area contributed by atoms with E-state index in [0.29, 0.717) is 30.0 Å². The van der Waals surface area contributed by atoms with Crippen LogP contribution in [0.15, 0.2) is 66.7 Å². The molecular weight excluding hydrogens is 470 g/mol. The molecule has 0 spiro atoms. The Balaban J connectivity index is 1.13. The summed E-state index contributed by atoms with van der Waals surface area (Å²) >= 11 is 0. The van der Waals surface area contributed by atoms with Gasteiger partial charge in [-0.1, -0.05) is 18.2 Å². The number of nitrogens with one attached hydrogen (secondary N) is 1. The summed E-state index contributed by atoms with van der Waals surface area (Å²) in [5.74, 6) is -1.26. The monoisotopic (exact) mass is 495 g/mol. The summed E-state index contributed by atoms with van der Waals surface area (Å²) in [6.45, 7) is 1.50. The second kappa shape index (κ2) is 9.29. The lowest BCUT2D eigenvalue weighted by Gasteiger charge is -2.17. The molecule has 0 aromatic heterocycles. The zero-order valence-electron chi connectivity index (χ0n) is 20.1. The Bertz CT molecular complexity index is 1430. The quantitative estimate of drug-likeness (QED) is 0.542. The van der Waals surface area contributed by atoms with Gasteiger partial charge < -0.3 is 15.0 Å². The molecule has 3 aromatic rings. The molecule has 1 saturated heterocycles. The number of hydrogen-bond acceptors (Lipinski definition) is 5. The lowest BCUT2D eigenvalue weighted by molar-refractivity contribution is 0.0475. The average molecular weight is 496 g/mol. The minimum atomic E-state index is -0.409. The van der Waals surface area contributed by atoms with E-state index >= 15 is 0 Å². The second-order valence-electron chi connectivity index (χ2n) is 9.48. The molecule has 8 nitrogen and oxygen atoms in total. The van der Waals surface area contributed by atoms with Gasteiger partial charge in [0.05, 0.1) is 23.8 Å². The minimum absolute atomic E-state index is 0.0859. The third kappa shape index (κ3) is 4.19. The topological polar surface area (TPSA) is 96.0 Å². The number of ether oxygens (including phenoxy) is 1. The number of fused-ring (bicyclic) bond motifs is 2. The van der Waals surface area contributed by atoms with Crippen molar-refractivity contribution in [2.45, 2.75) is 25.4 Å². The zero-order valence-corrected chi connectivity index (χ0v) is 20.1. The van der Waals surface area contributed by atoms with Gasteiger partial charge in [0, 0.05) is 35.7 Å². The number of carbonyl (C=O) groups is 4. The smallest absolute Gasteiger partial charge is 0.261 e. The molecule has 0 aliphatic carbocycles. The molecule has 6 rings (SSSR count). The van der Waals surface area contributed by atoms with Crippen LogP contribution in [-0.4, -0.2) is 54.3 Å². The van der Waals surface area contributed by atoms with Gasteiger partial charge >= 0.3 is 0 Å². The predicted molar refractivity (Wildman–Crippen MR) is 137 cm³/mol. The molecule has 0 bridgehead atoms. The zero-order chi connectivity index (χ0) is 25.5. The van der Waals surface area contributed by atoms with Crippen LogP contribution in [0.4, 0.5) is 11.4 Å². The number of imide groups is 1. The highest BCUT2D eigenvalue weighted by molar-refractivity contribution is 6.22. The van der Waals surface area contributed by atoms with E-state index in [1.807, 2.05) is 24.3 Å². The maximum absolute atomic E-state index is 13.0. The van der Waals surface area contributed by atoms with Crippen molar-refractivity contribution in [3.63, 3.8) is 0 Å². The minimum Gasteiger partial charge on any atom is -0.376 e. The highest BCUT2D eigenvalue weighted by atomic mass is 16.5. The van der Waals surface area contributed by atoms with Gasteiger partial charge in [0.2, 0.25) is 0 Å². The number of para-hydroxylation sites is 1. The van der Waals surface area contributed by atoms with Gasteiger partial charge in [-0.05, 0) is 73.4 Å². The fourth-order valence-corrected chi connectivity index (χ4v) is 5.19. The summed E-state index contributed by atoms with van der Waals surface area (Å²) in [4.78, 5) is 54.6. The number of anilines is 2. The Hall–Kier alpha value is -4.30. The van der Waals surface area contributed by atoms with Crippen LogP contribution in [0.2, 0.25) is 0 Å². The standard InChI is InChI=1S/C29H25N3O5/c33-26(20-9-12-23-24(16-20)29(36)32(28(23)35)17-22-5-3-15-37-22)30-21-10-7-19(8-11-21)27(34)31-14-13-18-4-1-2-6-25(18)31/h1-2,4,6-12,16,22H,3,5,13-15,17H2,(H,30,33). The van der Waals surface area contributed by atoms with E-state index in [4.69, 9.17) is 4.74 Å². The average Bonchev–Trinajstić information content (AvgIpc) is 3.65. The van der Waals surface area contributed by atoms with Gasteiger partial charge in [0.1, 0.15) is 0 Å². The van der Waals surface area contributed by atoms with E-state index in [0.717, 1.165) is 30.5 Å². The highest BCUT2D eigenvalue weighted by Gasteiger charge is 2.38. The summed E-state index contributed by atoms with van der Waals surface area (Å²) in [5.41, 5.74) is 3.93. The molecule has 0 saturated carbocycles. The Morgan fingerprint density at radius 2 is 1.68 bits per heavy atom. The van der Waals surface area contributed by atoms with Crippen molar-refractivity contribution in [2.24, 2.45) is 0 Å². The Kier molecular flexibility index (Phi) is 5.81. The molecule has 37 heavy (non-hydrogen) atoms. The van der Waals surface area contributed by atoms with Crippen molar-refractivity contribution in [2.75, 3.05) is 29.9 Å². The molecule has 3 aliphatic heterocycles. The first-order valence-corrected chi connectivity index (χ1v) is 12.4. The largest absolute Gasteiger partial charge is 0.376 e. The third-order valence-corrected chi connectivity index (χ3v) is 7.17. The molecule has 1 unspecified atom stereocenters. The Morgan fingerprint density at radius 1 is 0.919 bits per heavy atom. The molecule has 3 heterocycles. The van der Waals surface area contributed by atoms with E-state index in [2.05, 4.69) is 5.32 Å². The molecule has 3 aromatic carbocycles. The van der Waals surface area contributed by atoms with Crippen LogP contribution in [0.25, 0.3) is 0 Å². The van der Waals surface area contributed by atoms with Crippen molar-refractivity contribution < 1.29 is 23.9 Å². The fraction of sp³-hybridized carbons (Fsp3) is 0.241. The highest BCUT2D eigenvalue weighted by Crippen LogP contribution is 2.29. The van der Waals surface area contributed by atoms with Crippen LogP contribution in [0.5, 0.6) is 0 Å². The molecule has 1 fully saturated rings. The van der Waals surface area contributed by atoms with Crippen LogP contribution in [0.1, 0.15) is 59.8 Å². The number of carbonyl (C=O) groups excluding carboxylic acids is 4. The van der Waals surface area contributed by atoms with E-state index in [1.54, 1.807) is 29.2 Å². The fourth-order valence-electron chi connectivity index (χ4n) is 5.19. The van der Waals surface area contributed by atoms with Crippen molar-refractivity contribution in [3.05, 3.63) is 94.5 Å². The van der Waals surface area contributed by atoms with Crippen LogP contribution in [-0.2, 0) is 11.2 Å². The summed E-state index contributed by atoms with van der Waals surface area (Å²) in [6.07, 6.45) is 2.42. The van der Waals surface area contributed by atoms with Gasteiger partial charge in [0.15, 0.2) is 0 Å². The van der Waals surface area contributed by atoms with Crippen LogP contribution < -0.4 is 10.2 Å². The van der Waals surface area contributed by atoms with Crippen molar-refractivity contribution >= 4 is 35.0 Å². The van der Waals surface area contributed by atoms with Crippen LogP contribution in [0.3, 0.4) is 0 Å². The molecule has 3 aliphatic rings. The SMILES string of the molecule is O=C(Nc1ccc(C(=O)N2CCc3ccccc32)cc1)c1ccc2c(c1)C(=O)N(CC1CCCO1)C2=O. The third-order valence-electron chi connectivity index (χ3n) is 7.17. The number of nitrogens with zero attached hydrogens (tertiary/aromatic N) is 2. The van der Waals surface area contributed by atoms with Crippen molar-refractivity contribution in [1.82, 2.24) is 4.90 Å². The van der Waals surface area contributed by atoms with Gasteiger partial charge in [0.25, 0.3) is 23.6 Å². The molecular formula is C29H25N3O5. The number of hydrogen-bond donors (Lipinski definition) is 1. The van der Waals surface area contributed by atoms with Gasteiger partial charge in [-0.25, -0.2) is 0 Å². The number of amides is 4. The maximum atomic E-state index is 13.0. The van der Waals surface area contributed by atoms with E-state index < -0.39 is 11.8 Å². The van der Waals surface area contributed by atoms with Gasteiger partial charge in [-0.15, -0.1) is 0 Å². The first-order chi connectivity index (χ1) is 18.0. The van der Waals surface area contributed by atoms with Gasteiger partial charge in [-0.3, -0.25) is 24.1 Å². The first kappa shape index (κ1) is 23.1. The van der Waals surface area contributed by atoms with Crippen LogP contribution in [0, 0.1) is 0 Å². The second-order valence-corrected chi connectivity index (χ2v) is 9.48. The normalized spacial score (nSPS) is 18.2. The van der Waals surface area contributed by atoms with Crippen LogP contribution >= 0.6 is 0 Å². The van der Waals surface area contributed by atoms with Crippen molar-refractivity contribution in [1.29, 1.82) is 0 Å². The van der Waals surface area contributed by atoms with Crippen molar-refractivity contribution in [3.8, 4) is 0 Å². The summed E-state index contributed by atoms with van der Waals surface area (Å²) in [7, 11) is 0. The van der Waals surface area contributed by atoms with E-state index in [-0.39, 0.29) is 35.6 Å². The van der Waals surface area contributed by atoms with Gasteiger partial charge in [-0.2, -0.15) is 0 Å². The molecule has 1 N–H and O–H groups in total. The molecule has 186 valence electrons. The summed E-state index contributed by atoms with van der Waals surface area (Å²) in [5, 5.41) is 2.80. The van der Waals surface area contributed by atoms with E-state index in [1.165, 1.54) is 23.1 Å². The molecule has 1 atom stereocenters. The number of rotatable bonds is 5. The summed E-state index contributed by atoms with van der Waals surface area (Å²) in [6, 6.07) is 19.1. The Labute approximate surface area is 213 Å². The molecule has 0 radical (unpaired) electrons. The number of benzene rings is 3.